The van der Waals surface area contributed by atoms with Crippen LogP contribution in [0.5, 0.6) is 0 Å². The monoisotopic (exact) mass is 360 g/mol. The molecule has 0 aromatic heterocycles. The van der Waals surface area contributed by atoms with E-state index in [2.05, 4.69) is 10.6 Å². The van der Waals surface area contributed by atoms with Gasteiger partial charge in [0.15, 0.2) is 0 Å². The molecule has 6 heteroatoms. The van der Waals surface area contributed by atoms with Gasteiger partial charge in [0.05, 0.1) is 0 Å². The topological polar surface area (TPSA) is 24.1 Å². The maximum Gasteiger partial charge on any atom is 0.131 e. The van der Waals surface area contributed by atoms with E-state index in [-0.39, 0.29) is 13.1 Å². The van der Waals surface area contributed by atoms with E-state index in [0.717, 1.165) is 23.5 Å². The molecule has 0 unspecified atom stereocenters. The highest BCUT2D eigenvalue weighted by Gasteiger charge is 2.05. The fourth-order valence-corrected chi connectivity index (χ4v) is 2.43. The molecule has 0 saturated heterocycles. The van der Waals surface area contributed by atoms with Gasteiger partial charge in [0.25, 0.3) is 0 Å². The summed E-state index contributed by atoms with van der Waals surface area (Å²) in [7, 11) is 0. The highest BCUT2D eigenvalue weighted by atomic mass is 19.1. The van der Waals surface area contributed by atoms with E-state index in [1.165, 1.54) is 24.3 Å². The van der Waals surface area contributed by atoms with Gasteiger partial charge in [0.1, 0.15) is 23.3 Å². The van der Waals surface area contributed by atoms with E-state index in [9.17, 15) is 17.6 Å². The molecule has 0 fully saturated rings. The average molecular weight is 360 g/mol. The van der Waals surface area contributed by atoms with Crippen LogP contribution in [0.4, 0.5) is 28.9 Å². The highest BCUT2D eigenvalue weighted by molar-refractivity contribution is 5.54. The van der Waals surface area contributed by atoms with Crippen molar-refractivity contribution in [2.24, 2.45) is 0 Å². The number of hydrogen-bond acceptors (Lipinski definition) is 2. The van der Waals surface area contributed by atoms with Gasteiger partial charge < -0.3 is 10.6 Å². The first kappa shape index (κ1) is 17.8. The lowest BCUT2D eigenvalue weighted by Crippen LogP contribution is -2.04. The molecule has 0 atom stereocenters. The third-order valence-electron chi connectivity index (χ3n) is 3.88. The summed E-state index contributed by atoms with van der Waals surface area (Å²) in [5.41, 5.74) is 2.24. The maximum atomic E-state index is 13.6. The fourth-order valence-electron chi connectivity index (χ4n) is 2.43. The second-order valence-corrected chi connectivity index (χ2v) is 5.76. The van der Waals surface area contributed by atoms with Crippen molar-refractivity contribution in [2.75, 3.05) is 10.6 Å². The van der Waals surface area contributed by atoms with Gasteiger partial charge in [-0.3, -0.25) is 0 Å². The highest BCUT2D eigenvalue weighted by Crippen LogP contribution is 2.18. The molecular weight excluding hydrogens is 344 g/mol. The first-order valence-corrected chi connectivity index (χ1v) is 7.97. The van der Waals surface area contributed by atoms with Gasteiger partial charge in [0, 0.05) is 47.7 Å². The summed E-state index contributed by atoms with van der Waals surface area (Å²) in [5.74, 6) is -2.42. The van der Waals surface area contributed by atoms with Gasteiger partial charge in [-0.25, -0.2) is 17.6 Å². The number of nitrogens with one attached hydrogen (secondary N) is 2. The SMILES string of the molecule is Fc1ccc(CNc2ccc(NCc3ccc(F)cc3F)cc2)c(F)c1. The standard InChI is InChI=1S/C20H16F4N2/c21-15-3-1-13(19(23)9-15)11-25-17-5-7-18(8-6-17)26-12-14-2-4-16(22)10-20(14)24/h1-10,25-26H,11-12H2. The van der Waals surface area contributed by atoms with Crippen molar-refractivity contribution in [3.8, 4) is 0 Å². The predicted octanol–water partition coefficient (Wildman–Crippen LogP) is 5.47. The molecular formula is C20H16F4N2. The van der Waals surface area contributed by atoms with Crippen molar-refractivity contribution in [2.45, 2.75) is 13.1 Å². The van der Waals surface area contributed by atoms with Crippen molar-refractivity contribution in [1.29, 1.82) is 0 Å². The Kier molecular flexibility index (Phi) is 5.41. The number of anilines is 2. The molecule has 2 nitrogen and oxygen atoms in total. The lowest BCUT2D eigenvalue weighted by atomic mass is 10.2. The van der Waals surface area contributed by atoms with Crippen LogP contribution >= 0.6 is 0 Å². The zero-order valence-corrected chi connectivity index (χ0v) is 13.7. The molecule has 0 spiro atoms. The van der Waals surface area contributed by atoms with Gasteiger partial charge >= 0.3 is 0 Å². The summed E-state index contributed by atoms with van der Waals surface area (Å²) >= 11 is 0. The van der Waals surface area contributed by atoms with E-state index in [1.807, 2.05) is 0 Å². The molecule has 134 valence electrons. The molecule has 3 aromatic rings. The van der Waals surface area contributed by atoms with E-state index in [1.54, 1.807) is 24.3 Å². The van der Waals surface area contributed by atoms with Crippen molar-refractivity contribution in [3.05, 3.63) is 95.1 Å². The first-order valence-electron chi connectivity index (χ1n) is 7.97. The summed E-state index contributed by atoms with van der Waals surface area (Å²) in [6, 6.07) is 14.0. The Hall–Kier alpha value is -3.02. The molecule has 0 saturated carbocycles. The van der Waals surface area contributed by atoms with Crippen molar-refractivity contribution in [3.63, 3.8) is 0 Å². The number of rotatable bonds is 6. The molecule has 3 rings (SSSR count). The normalized spacial score (nSPS) is 10.6. The van der Waals surface area contributed by atoms with E-state index >= 15 is 0 Å². The summed E-state index contributed by atoms with van der Waals surface area (Å²) in [4.78, 5) is 0. The smallest absolute Gasteiger partial charge is 0.131 e. The molecule has 0 radical (unpaired) electrons. The zero-order chi connectivity index (χ0) is 18.5. The van der Waals surface area contributed by atoms with Gasteiger partial charge in [-0.2, -0.15) is 0 Å². The molecule has 0 bridgehead atoms. The third-order valence-corrected chi connectivity index (χ3v) is 3.88. The van der Waals surface area contributed by atoms with Crippen molar-refractivity contribution >= 4 is 11.4 Å². The molecule has 0 heterocycles. The van der Waals surface area contributed by atoms with Crippen LogP contribution in [0.3, 0.4) is 0 Å². The molecule has 0 aliphatic rings. The molecule has 3 aromatic carbocycles. The van der Waals surface area contributed by atoms with Gasteiger partial charge in [0.2, 0.25) is 0 Å². The fraction of sp³-hybridized carbons (Fsp3) is 0.100. The zero-order valence-electron chi connectivity index (χ0n) is 13.7. The lowest BCUT2D eigenvalue weighted by Gasteiger charge is -2.10. The number of benzene rings is 3. The predicted molar refractivity (Wildman–Crippen MR) is 93.8 cm³/mol. The van der Waals surface area contributed by atoms with Crippen LogP contribution in [0.1, 0.15) is 11.1 Å². The van der Waals surface area contributed by atoms with E-state index in [4.69, 9.17) is 0 Å². The second-order valence-electron chi connectivity index (χ2n) is 5.76. The van der Waals surface area contributed by atoms with Gasteiger partial charge in [-0.1, -0.05) is 12.1 Å². The van der Waals surface area contributed by atoms with Crippen LogP contribution in [-0.2, 0) is 13.1 Å². The van der Waals surface area contributed by atoms with Crippen molar-refractivity contribution < 1.29 is 17.6 Å². The number of hydrogen-bond donors (Lipinski definition) is 2. The lowest BCUT2D eigenvalue weighted by molar-refractivity contribution is 0.573. The molecule has 0 aliphatic carbocycles. The Bertz CT molecular complexity index is 820. The summed E-state index contributed by atoms with van der Waals surface area (Å²) in [6.45, 7) is 0.444. The van der Waals surface area contributed by atoms with Gasteiger partial charge in [-0.05, 0) is 36.4 Å². The Balaban J connectivity index is 1.56. The summed E-state index contributed by atoms with van der Waals surface area (Å²) < 4.78 is 53.0. The quantitative estimate of drug-likeness (QED) is 0.570. The molecule has 0 amide bonds. The Morgan fingerprint density at radius 3 is 1.27 bits per heavy atom. The largest absolute Gasteiger partial charge is 0.381 e. The van der Waals surface area contributed by atoms with Gasteiger partial charge in [-0.15, -0.1) is 0 Å². The van der Waals surface area contributed by atoms with Crippen molar-refractivity contribution in [1.82, 2.24) is 0 Å². The minimum atomic E-state index is -0.612. The number of halogens is 4. The summed E-state index contributed by atoms with van der Waals surface area (Å²) in [5, 5.41) is 6.09. The van der Waals surface area contributed by atoms with Crippen LogP contribution < -0.4 is 10.6 Å². The van der Waals surface area contributed by atoms with Crippen LogP contribution in [0.15, 0.2) is 60.7 Å². The summed E-state index contributed by atoms with van der Waals surface area (Å²) in [6.07, 6.45) is 0. The maximum absolute atomic E-state index is 13.6. The second kappa shape index (κ2) is 7.91. The molecule has 26 heavy (non-hydrogen) atoms. The first-order chi connectivity index (χ1) is 12.5. The van der Waals surface area contributed by atoms with Crippen LogP contribution in [0.2, 0.25) is 0 Å². The van der Waals surface area contributed by atoms with E-state index < -0.39 is 23.3 Å². The minimum absolute atomic E-state index is 0.222. The average Bonchev–Trinajstić information content (AvgIpc) is 2.61. The molecule has 0 aliphatic heterocycles. The van der Waals surface area contributed by atoms with Crippen LogP contribution in [-0.4, -0.2) is 0 Å². The Morgan fingerprint density at radius 1 is 0.538 bits per heavy atom. The molecule has 2 N–H and O–H groups in total. The Labute approximate surface area is 148 Å². The Morgan fingerprint density at radius 2 is 0.923 bits per heavy atom. The van der Waals surface area contributed by atoms with Crippen LogP contribution in [0.25, 0.3) is 0 Å². The third kappa shape index (κ3) is 4.53. The minimum Gasteiger partial charge on any atom is -0.381 e. The van der Waals surface area contributed by atoms with Crippen LogP contribution in [0, 0.1) is 23.3 Å². The van der Waals surface area contributed by atoms with E-state index in [0.29, 0.717) is 11.1 Å².